The van der Waals surface area contributed by atoms with Gasteiger partial charge in [0, 0.05) is 44.3 Å². The highest BCUT2D eigenvalue weighted by atomic mass is 16.5. The van der Waals surface area contributed by atoms with Gasteiger partial charge in [-0.3, -0.25) is 9.69 Å². The first-order chi connectivity index (χ1) is 12.2. The van der Waals surface area contributed by atoms with E-state index < -0.39 is 0 Å². The van der Waals surface area contributed by atoms with E-state index in [1.165, 1.54) is 12.4 Å². The molecular formula is C18H23N5O2. The van der Waals surface area contributed by atoms with Gasteiger partial charge < -0.3 is 15.4 Å². The molecule has 1 fully saturated rings. The summed E-state index contributed by atoms with van der Waals surface area (Å²) in [6, 6.07) is 7.65. The Bertz CT molecular complexity index is 682. The second-order valence-corrected chi connectivity index (χ2v) is 6.00. The van der Waals surface area contributed by atoms with E-state index in [9.17, 15) is 4.79 Å². The molecule has 1 saturated heterocycles. The minimum atomic E-state index is -0.219. The molecular weight excluding hydrogens is 318 g/mol. The molecule has 0 unspecified atom stereocenters. The summed E-state index contributed by atoms with van der Waals surface area (Å²) in [5, 5.41) is 6.01. The van der Waals surface area contributed by atoms with Crippen molar-refractivity contribution in [3.05, 3.63) is 47.8 Å². The third-order valence-electron chi connectivity index (χ3n) is 4.04. The summed E-state index contributed by atoms with van der Waals surface area (Å²) in [4.78, 5) is 23.0. The lowest BCUT2D eigenvalue weighted by molar-refractivity contribution is 0.0398. The highest BCUT2D eigenvalue weighted by molar-refractivity contribution is 6.03. The standard InChI is InChI=1S/C18H23N5O2/c1-14-2-4-16(5-3-14)22-17(24)15-12-20-18(21-13-15)19-6-7-23-8-10-25-11-9-23/h2-5,12-13H,6-11H2,1H3,(H,22,24)(H,19,20,21). The number of hydrogen-bond donors (Lipinski definition) is 2. The van der Waals surface area contributed by atoms with Crippen molar-refractivity contribution in [1.29, 1.82) is 0 Å². The zero-order valence-electron chi connectivity index (χ0n) is 14.4. The Labute approximate surface area is 147 Å². The molecule has 1 amide bonds. The van der Waals surface area contributed by atoms with Gasteiger partial charge in [-0.05, 0) is 19.1 Å². The van der Waals surface area contributed by atoms with Crippen LogP contribution in [0.25, 0.3) is 0 Å². The van der Waals surface area contributed by atoms with Crippen molar-refractivity contribution in [3.8, 4) is 0 Å². The molecule has 1 aliphatic rings. The number of aryl methyl sites for hydroxylation is 1. The van der Waals surface area contributed by atoms with Crippen molar-refractivity contribution in [2.24, 2.45) is 0 Å². The van der Waals surface area contributed by atoms with Crippen LogP contribution in [0.5, 0.6) is 0 Å². The van der Waals surface area contributed by atoms with Crippen molar-refractivity contribution in [2.45, 2.75) is 6.92 Å². The third kappa shape index (κ3) is 5.23. The van der Waals surface area contributed by atoms with Crippen LogP contribution in [0.2, 0.25) is 0 Å². The van der Waals surface area contributed by atoms with Gasteiger partial charge in [-0.1, -0.05) is 17.7 Å². The van der Waals surface area contributed by atoms with Crippen LogP contribution in [0, 0.1) is 6.92 Å². The smallest absolute Gasteiger partial charge is 0.258 e. The molecule has 1 aromatic carbocycles. The van der Waals surface area contributed by atoms with Crippen LogP contribution >= 0.6 is 0 Å². The van der Waals surface area contributed by atoms with Crippen LogP contribution in [-0.2, 0) is 4.74 Å². The average Bonchev–Trinajstić information content (AvgIpc) is 2.65. The molecule has 0 radical (unpaired) electrons. The summed E-state index contributed by atoms with van der Waals surface area (Å²) in [7, 11) is 0. The van der Waals surface area contributed by atoms with Gasteiger partial charge in [-0.2, -0.15) is 0 Å². The molecule has 0 spiro atoms. The van der Waals surface area contributed by atoms with E-state index in [1.807, 2.05) is 31.2 Å². The maximum Gasteiger partial charge on any atom is 0.258 e. The Kier molecular flexibility index (Phi) is 5.92. The summed E-state index contributed by atoms with van der Waals surface area (Å²) >= 11 is 0. The maximum atomic E-state index is 12.2. The molecule has 2 N–H and O–H groups in total. The van der Waals surface area contributed by atoms with Gasteiger partial charge in [0.15, 0.2) is 0 Å². The van der Waals surface area contributed by atoms with Gasteiger partial charge >= 0.3 is 0 Å². The van der Waals surface area contributed by atoms with E-state index in [1.54, 1.807) is 0 Å². The fraction of sp³-hybridized carbons (Fsp3) is 0.389. The van der Waals surface area contributed by atoms with Gasteiger partial charge in [0.1, 0.15) is 0 Å². The predicted molar refractivity (Wildman–Crippen MR) is 96.9 cm³/mol. The summed E-state index contributed by atoms with van der Waals surface area (Å²) in [5.41, 5.74) is 2.33. The maximum absolute atomic E-state index is 12.2. The van der Waals surface area contributed by atoms with E-state index in [2.05, 4.69) is 25.5 Å². The van der Waals surface area contributed by atoms with Crippen molar-refractivity contribution >= 4 is 17.5 Å². The lowest BCUT2D eigenvalue weighted by Crippen LogP contribution is -2.39. The number of nitrogens with one attached hydrogen (secondary N) is 2. The lowest BCUT2D eigenvalue weighted by atomic mass is 10.2. The highest BCUT2D eigenvalue weighted by Gasteiger charge is 2.10. The molecule has 0 bridgehead atoms. The molecule has 2 aromatic rings. The first-order valence-corrected chi connectivity index (χ1v) is 8.45. The summed E-state index contributed by atoms with van der Waals surface area (Å²) in [6.45, 7) is 7.19. The van der Waals surface area contributed by atoms with Crippen LogP contribution in [0.15, 0.2) is 36.7 Å². The van der Waals surface area contributed by atoms with Gasteiger partial charge in [0.25, 0.3) is 5.91 Å². The van der Waals surface area contributed by atoms with E-state index in [4.69, 9.17) is 4.74 Å². The topological polar surface area (TPSA) is 79.4 Å². The minimum Gasteiger partial charge on any atom is -0.379 e. The van der Waals surface area contributed by atoms with E-state index in [0.717, 1.165) is 50.6 Å². The minimum absolute atomic E-state index is 0.219. The zero-order chi connectivity index (χ0) is 17.5. The lowest BCUT2D eigenvalue weighted by Gasteiger charge is -2.26. The third-order valence-corrected chi connectivity index (χ3v) is 4.04. The number of nitrogens with zero attached hydrogens (tertiary/aromatic N) is 3. The average molecular weight is 341 g/mol. The molecule has 1 aliphatic heterocycles. The van der Waals surface area contributed by atoms with Gasteiger partial charge in [-0.15, -0.1) is 0 Å². The first-order valence-electron chi connectivity index (χ1n) is 8.45. The number of ether oxygens (including phenoxy) is 1. The molecule has 132 valence electrons. The Morgan fingerprint density at radius 3 is 2.52 bits per heavy atom. The quantitative estimate of drug-likeness (QED) is 0.834. The summed E-state index contributed by atoms with van der Waals surface area (Å²) < 4.78 is 5.32. The number of rotatable bonds is 6. The number of carbonyl (C=O) groups excluding carboxylic acids is 1. The number of morpholine rings is 1. The molecule has 3 rings (SSSR count). The number of hydrogen-bond acceptors (Lipinski definition) is 6. The molecule has 0 aliphatic carbocycles. The van der Waals surface area contributed by atoms with Crippen molar-refractivity contribution in [2.75, 3.05) is 50.0 Å². The van der Waals surface area contributed by atoms with Crippen molar-refractivity contribution < 1.29 is 9.53 Å². The van der Waals surface area contributed by atoms with Crippen LogP contribution in [-0.4, -0.2) is 60.2 Å². The molecule has 7 nitrogen and oxygen atoms in total. The number of anilines is 2. The molecule has 2 heterocycles. The van der Waals surface area contributed by atoms with Gasteiger partial charge in [-0.25, -0.2) is 9.97 Å². The largest absolute Gasteiger partial charge is 0.379 e. The van der Waals surface area contributed by atoms with Crippen molar-refractivity contribution in [3.63, 3.8) is 0 Å². The Balaban J connectivity index is 1.47. The fourth-order valence-corrected chi connectivity index (χ4v) is 2.53. The SMILES string of the molecule is Cc1ccc(NC(=O)c2cnc(NCCN3CCOCC3)nc2)cc1. The van der Waals surface area contributed by atoms with Gasteiger partial charge in [0.05, 0.1) is 18.8 Å². The predicted octanol–water partition coefficient (Wildman–Crippen LogP) is 1.78. The van der Waals surface area contributed by atoms with E-state index in [0.29, 0.717) is 11.5 Å². The Hall–Kier alpha value is -2.51. The summed E-state index contributed by atoms with van der Waals surface area (Å²) in [6.07, 6.45) is 3.07. The number of benzene rings is 1. The molecule has 25 heavy (non-hydrogen) atoms. The van der Waals surface area contributed by atoms with E-state index >= 15 is 0 Å². The number of carbonyl (C=O) groups is 1. The number of amides is 1. The molecule has 0 atom stereocenters. The first kappa shape index (κ1) is 17.3. The fourth-order valence-electron chi connectivity index (χ4n) is 2.53. The second-order valence-electron chi connectivity index (χ2n) is 6.00. The Morgan fingerprint density at radius 2 is 1.84 bits per heavy atom. The molecule has 0 saturated carbocycles. The summed E-state index contributed by atoms with van der Waals surface area (Å²) in [5.74, 6) is 0.309. The van der Waals surface area contributed by atoms with Crippen molar-refractivity contribution in [1.82, 2.24) is 14.9 Å². The van der Waals surface area contributed by atoms with Crippen LogP contribution in [0.4, 0.5) is 11.6 Å². The monoisotopic (exact) mass is 341 g/mol. The van der Waals surface area contributed by atoms with Crippen LogP contribution in [0.3, 0.4) is 0 Å². The van der Waals surface area contributed by atoms with E-state index in [-0.39, 0.29) is 5.91 Å². The number of aromatic nitrogens is 2. The second kappa shape index (κ2) is 8.55. The van der Waals surface area contributed by atoms with Crippen LogP contribution < -0.4 is 10.6 Å². The van der Waals surface area contributed by atoms with Crippen LogP contribution in [0.1, 0.15) is 15.9 Å². The normalized spacial score (nSPS) is 14.9. The molecule has 1 aromatic heterocycles. The Morgan fingerprint density at radius 1 is 1.16 bits per heavy atom. The highest BCUT2D eigenvalue weighted by Crippen LogP contribution is 2.10. The van der Waals surface area contributed by atoms with Gasteiger partial charge in [0.2, 0.25) is 5.95 Å². The molecule has 7 heteroatoms. The zero-order valence-corrected chi connectivity index (χ0v) is 14.4.